The summed E-state index contributed by atoms with van der Waals surface area (Å²) in [6.07, 6.45) is 6.61. The van der Waals surface area contributed by atoms with Gasteiger partial charge in [-0.25, -0.2) is 0 Å². The van der Waals surface area contributed by atoms with Gasteiger partial charge in [0.05, 0.1) is 6.61 Å². The Bertz CT molecular complexity index is 223. The van der Waals surface area contributed by atoms with Gasteiger partial charge < -0.3 is 9.47 Å². The molecular weight excluding hydrogens is 192 g/mol. The van der Waals surface area contributed by atoms with E-state index in [9.17, 15) is 4.79 Å². The minimum Gasteiger partial charge on any atom is -0.377 e. The van der Waals surface area contributed by atoms with Gasteiger partial charge in [0.1, 0.15) is 13.2 Å². The molecule has 0 aromatic carbocycles. The van der Waals surface area contributed by atoms with Crippen molar-refractivity contribution in [3.05, 3.63) is 12.2 Å². The maximum Gasteiger partial charge on any atom is 0.183 e. The van der Waals surface area contributed by atoms with Gasteiger partial charge in [0.2, 0.25) is 0 Å². The van der Waals surface area contributed by atoms with E-state index in [2.05, 4.69) is 19.1 Å². The predicted octanol–water partition coefficient (Wildman–Crippen LogP) is 1.82. The van der Waals surface area contributed by atoms with Crippen molar-refractivity contribution in [2.24, 2.45) is 11.8 Å². The summed E-state index contributed by atoms with van der Waals surface area (Å²) in [5, 5.41) is 0. The highest BCUT2D eigenvalue weighted by Crippen LogP contribution is 2.24. The number of ether oxygens (including phenoxy) is 2. The van der Waals surface area contributed by atoms with Gasteiger partial charge >= 0.3 is 0 Å². The van der Waals surface area contributed by atoms with Crippen LogP contribution in [0.1, 0.15) is 19.8 Å². The van der Waals surface area contributed by atoms with Crippen LogP contribution in [0.4, 0.5) is 0 Å². The minimum atomic E-state index is 0.0107. The lowest BCUT2D eigenvalue weighted by atomic mass is 9.85. The van der Waals surface area contributed by atoms with Crippen molar-refractivity contribution in [3.63, 3.8) is 0 Å². The molecule has 0 N–H and O–H groups in total. The fraction of sp³-hybridized carbons (Fsp3) is 0.750. The van der Waals surface area contributed by atoms with Crippen molar-refractivity contribution < 1.29 is 14.3 Å². The van der Waals surface area contributed by atoms with Crippen molar-refractivity contribution in [1.29, 1.82) is 0 Å². The van der Waals surface area contributed by atoms with E-state index in [1.54, 1.807) is 0 Å². The van der Waals surface area contributed by atoms with Gasteiger partial charge in [0, 0.05) is 7.11 Å². The summed E-state index contributed by atoms with van der Waals surface area (Å²) in [6, 6.07) is 0. The third-order valence-electron chi connectivity index (χ3n) is 2.82. The van der Waals surface area contributed by atoms with Crippen molar-refractivity contribution in [3.8, 4) is 0 Å². The quantitative estimate of drug-likeness (QED) is 0.630. The Hall–Kier alpha value is -0.670. The molecule has 3 nitrogen and oxygen atoms in total. The largest absolute Gasteiger partial charge is 0.377 e. The van der Waals surface area contributed by atoms with Crippen molar-refractivity contribution in [1.82, 2.24) is 0 Å². The number of Topliss-reactive ketones (excluding diaryl/α,β-unsaturated/α-hetero) is 1. The highest BCUT2D eigenvalue weighted by molar-refractivity contribution is 5.80. The number of hydrogen-bond donors (Lipinski definition) is 0. The number of carbonyl (C=O) groups excluding carboxylic acids is 1. The lowest BCUT2D eigenvalue weighted by Crippen LogP contribution is -2.22. The molecule has 2 atom stereocenters. The molecule has 1 rings (SSSR count). The average molecular weight is 212 g/mol. The third-order valence-corrected chi connectivity index (χ3v) is 2.82. The van der Waals surface area contributed by atoms with Gasteiger partial charge in [-0.15, -0.1) is 0 Å². The lowest BCUT2D eigenvalue weighted by Gasteiger charge is -2.24. The molecule has 1 aliphatic carbocycles. The molecule has 0 aromatic rings. The van der Waals surface area contributed by atoms with Crippen LogP contribution < -0.4 is 0 Å². The first kappa shape index (κ1) is 12.4. The van der Waals surface area contributed by atoms with Crippen LogP contribution in [-0.4, -0.2) is 32.7 Å². The van der Waals surface area contributed by atoms with Crippen LogP contribution in [0.25, 0.3) is 0 Å². The molecule has 0 radical (unpaired) electrons. The van der Waals surface area contributed by atoms with E-state index >= 15 is 0 Å². The van der Waals surface area contributed by atoms with Crippen LogP contribution >= 0.6 is 0 Å². The van der Waals surface area contributed by atoms with E-state index < -0.39 is 0 Å². The molecule has 15 heavy (non-hydrogen) atoms. The molecule has 0 aliphatic heterocycles. The molecule has 0 heterocycles. The zero-order chi connectivity index (χ0) is 11.1. The first-order chi connectivity index (χ1) is 7.24. The van der Waals surface area contributed by atoms with Gasteiger partial charge in [-0.3, -0.25) is 4.79 Å². The summed E-state index contributed by atoms with van der Waals surface area (Å²) in [4.78, 5) is 11.1. The zero-order valence-corrected chi connectivity index (χ0v) is 9.57. The van der Waals surface area contributed by atoms with Crippen LogP contribution in [0.3, 0.4) is 0 Å². The lowest BCUT2D eigenvalue weighted by molar-refractivity contribution is -0.127. The topological polar surface area (TPSA) is 35.5 Å². The van der Waals surface area contributed by atoms with Gasteiger partial charge in [0.15, 0.2) is 5.78 Å². The normalized spacial score (nSPS) is 25.5. The molecule has 86 valence electrons. The Kier molecular flexibility index (Phi) is 5.58. The molecule has 0 saturated carbocycles. The molecular formula is C12H20O3. The molecule has 0 aromatic heterocycles. The van der Waals surface area contributed by atoms with Crippen LogP contribution in [0.2, 0.25) is 0 Å². The van der Waals surface area contributed by atoms with Crippen molar-refractivity contribution in [2.75, 3.05) is 26.9 Å². The molecule has 0 saturated heterocycles. The monoisotopic (exact) mass is 212 g/mol. The molecule has 2 unspecified atom stereocenters. The van der Waals surface area contributed by atoms with E-state index in [-0.39, 0.29) is 19.0 Å². The molecule has 3 heteroatoms. The Morgan fingerprint density at radius 3 is 2.73 bits per heavy atom. The second kappa shape index (κ2) is 6.75. The number of ketones is 1. The third kappa shape index (κ3) is 4.58. The smallest absolute Gasteiger partial charge is 0.183 e. The Morgan fingerprint density at radius 1 is 1.33 bits per heavy atom. The minimum absolute atomic E-state index is 0.0107. The number of carbonyl (C=O) groups is 1. The van der Waals surface area contributed by atoms with E-state index in [1.165, 1.54) is 7.11 Å². The standard InChI is InChI=1S/C12H20O3/c1-10-5-3-4-6-11(10)7-15-9-12(13)8-14-2/h3-4,10-11H,5-9H2,1-2H3. The first-order valence-corrected chi connectivity index (χ1v) is 5.47. The maximum absolute atomic E-state index is 11.1. The fourth-order valence-electron chi connectivity index (χ4n) is 1.77. The van der Waals surface area contributed by atoms with Crippen LogP contribution in [0.5, 0.6) is 0 Å². The fourth-order valence-corrected chi connectivity index (χ4v) is 1.77. The summed E-state index contributed by atoms with van der Waals surface area (Å²) in [5.41, 5.74) is 0. The van der Waals surface area contributed by atoms with Gasteiger partial charge in [0.25, 0.3) is 0 Å². The SMILES string of the molecule is COCC(=O)COCC1CC=CCC1C. The van der Waals surface area contributed by atoms with Crippen LogP contribution in [-0.2, 0) is 14.3 Å². The number of hydrogen-bond acceptors (Lipinski definition) is 3. The van der Waals surface area contributed by atoms with E-state index in [1.807, 2.05) is 0 Å². The van der Waals surface area contributed by atoms with Crippen LogP contribution in [0, 0.1) is 11.8 Å². The highest BCUT2D eigenvalue weighted by Gasteiger charge is 2.18. The molecule has 0 amide bonds. The van der Waals surface area contributed by atoms with Crippen LogP contribution in [0.15, 0.2) is 12.2 Å². The molecule has 1 aliphatic rings. The maximum atomic E-state index is 11.1. The highest BCUT2D eigenvalue weighted by atomic mass is 16.5. The first-order valence-electron chi connectivity index (χ1n) is 5.47. The zero-order valence-electron chi connectivity index (χ0n) is 9.57. The predicted molar refractivity (Wildman–Crippen MR) is 58.7 cm³/mol. The second-order valence-electron chi connectivity index (χ2n) is 4.17. The number of methoxy groups -OCH3 is 1. The van der Waals surface area contributed by atoms with Gasteiger partial charge in [-0.05, 0) is 24.7 Å². The summed E-state index contributed by atoms with van der Waals surface area (Å²) in [7, 11) is 1.52. The molecule has 0 fully saturated rings. The van der Waals surface area contributed by atoms with E-state index in [0.29, 0.717) is 18.4 Å². The number of rotatable bonds is 6. The summed E-state index contributed by atoms with van der Waals surface area (Å²) in [6.45, 7) is 3.25. The summed E-state index contributed by atoms with van der Waals surface area (Å²) >= 11 is 0. The average Bonchev–Trinajstić information content (AvgIpc) is 2.21. The van der Waals surface area contributed by atoms with Gasteiger partial charge in [-0.2, -0.15) is 0 Å². The summed E-state index contributed by atoms with van der Waals surface area (Å²) < 4.78 is 10.1. The van der Waals surface area contributed by atoms with Crippen molar-refractivity contribution in [2.45, 2.75) is 19.8 Å². The molecule has 0 bridgehead atoms. The number of allylic oxidation sites excluding steroid dienone is 2. The van der Waals surface area contributed by atoms with Gasteiger partial charge in [-0.1, -0.05) is 19.1 Å². The Labute approximate surface area is 91.4 Å². The second-order valence-corrected chi connectivity index (χ2v) is 4.17. The summed E-state index contributed by atoms with van der Waals surface area (Å²) in [5.74, 6) is 1.23. The van der Waals surface area contributed by atoms with Crippen molar-refractivity contribution >= 4 is 5.78 Å². The Balaban J connectivity index is 2.14. The van der Waals surface area contributed by atoms with E-state index in [4.69, 9.17) is 9.47 Å². The molecule has 0 spiro atoms. The van der Waals surface area contributed by atoms with E-state index in [0.717, 1.165) is 12.8 Å². The Morgan fingerprint density at radius 2 is 2.07 bits per heavy atom.